The molecule has 4 fully saturated rings. The largest absolute Gasteiger partial charge is 0.411 e. The van der Waals surface area contributed by atoms with Crippen LogP contribution in [0.3, 0.4) is 0 Å². The molecule has 0 atom stereocenters. The molecular formula is C20H22N2O2S. The van der Waals surface area contributed by atoms with E-state index in [1.165, 1.54) is 31.0 Å². The quantitative estimate of drug-likeness (QED) is 0.734. The molecule has 0 saturated heterocycles. The van der Waals surface area contributed by atoms with E-state index in [2.05, 4.69) is 10.2 Å². The van der Waals surface area contributed by atoms with Gasteiger partial charge >= 0.3 is 0 Å². The fourth-order valence-corrected chi connectivity index (χ4v) is 6.50. The van der Waals surface area contributed by atoms with Crippen LogP contribution in [-0.4, -0.2) is 21.7 Å². The Balaban J connectivity index is 1.26. The van der Waals surface area contributed by atoms with Gasteiger partial charge in [0.2, 0.25) is 5.89 Å². The molecule has 4 aliphatic carbocycles. The van der Waals surface area contributed by atoms with Crippen LogP contribution in [0.25, 0.3) is 11.5 Å². The highest BCUT2D eigenvalue weighted by Gasteiger charge is 2.54. The number of carbonyl (C=O) groups is 1. The molecule has 0 amide bonds. The van der Waals surface area contributed by atoms with Gasteiger partial charge in [-0.15, -0.1) is 10.2 Å². The molecular weight excluding hydrogens is 332 g/mol. The predicted molar refractivity (Wildman–Crippen MR) is 96.1 cm³/mol. The van der Waals surface area contributed by atoms with Crippen LogP contribution in [0.1, 0.15) is 38.5 Å². The van der Waals surface area contributed by atoms with Crippen molar-refractivity contribution in [1.29, 1.82) is 0 Å². The number of benzene rings is 1. The Bertz CT molecular complexity index is 751. The minimum atomic E-state index is -0.0377. The average Bonchev–Trinajstić information content (AvgIpc) is 3.08. The van der Waals surface area contributed by atoms with Crippen LogP contribution in [0.15, 0.2) is 40.0 Å². The van der Waals surface area contributed by atoms with Crippen LogP contribution < -0.4 is 0 Å². The van der Waals surface area contributed by atoms with Crippen molar-refractivity contribution in [3.05, 3.63) is 30.3 Å². The molecule has 5 heteroatoms. The maximum Gasteiger partial charge on any atom is 0.277 e. The van der Waals surface area contributed by atoms with E-state index in [4.69, 9.17) is 4.42 Å². The zero-order chi connectivity index (χ0) is 16.9. The lowest BCUT2D eigenvalue weighted by molar-refractivity contribution is -0.141. The minimum Gasteiger partial charge on any atom is -0.411 e. The summed E-state index contributed by atoms with van der Waals surface area (Å²) >= 11 is 1.40. The average molecular weight is 354 g/mol. The van der Waals surface area contributed by atoms with Gasteiger partial charge in [0.05, 0.1) is 5.75 Å². The molecule has 0 radical (unpaired) electrons. The molecule has 1 aromatic heterocycles. The standard InChI is InChI=1S/C20H22N2O2S/c23-17(20-9-13-6-14(10-20)8-15(7-13)11-20)12-25-19-22-21-18(24-19)16-4-2-1-3-5-16/h1-5,13-15H,6-12H2. The summed E-state index contributed by atoms with van der Waals surface area (Å²) in [6.45, 7) is 0. The summed E-state index contributed by atoms with van der Waals surface area (Å²) in [6.07, 6.45) is 7.46. The van der Waals surface area contributed by atoms with Gasteiger partial charge in [-0.25, -0.2) is 0 Å². The number of aromatic nitrogens is 2. The Morgan fingerprint density at radius 3 is 2.32 bits per heavy atom. The first kappa shape index (κ1) is 15.6. The molecule has 4 bridgehead atoms. The van der Waals surface area contributed by atoms with E-state index in [1.807, 2.05) is 30.3 Å². The molecule has 0 unspecified atom stereocenters. The molecule has 2 aromatic rings. The second-order valence-corrected chi connectivity index (χ2v) is 9.08. The zero-order valence-corrected chi connectivity index (χ0v) is 15.0. The van der Waals surface area contributed by atoms with E-state index in [0.717, 1.165) is 42.6 Å². The van der Waals surface area contributed by atoms with Gasteiger partial charge in [-0.05, 0) is 68.4 Å². The predicted octanol–water partition coefficient (Wildman–Crippen LogP) is 4.61. The lowest BCUT2D eigenvalue weighted by atomic mass is 9.48. The topological polar surface area (TPSA) is 56.0 Å². The summed E-state index contributed by atoms with van der Waals surface area (Å²) in [7, 11) is 0. The highest BCUT2D eigenvalue weighted by Crippen LogP contribution is 2.60. The summed E-state index contributed by atoms with van der Waals surface area (Å²) in [5.41, 5.74) is 0.874. The Hall–Kier alpha value is -1.62. The van der Waals surface area contributed by atoms with Gasteiger partial charge in [-0.1, -0.05) is 30.0 Å². The van der Waals surface area contributed by atoms with E-state index in [0.29, 0.717) is 22.6 Å². The van der Waals surface area contributed by atoms with E-state index in [9.17, 15) is 4.79 Å². The van der Waals surface area contributed by atoms with Crippen molar-refractivity contribution in [3.63, 3.8) is 0 Å². The third-order valence-electron chi connectivity index (χ3n) is 6.38. The van der Waals surface area contributed by atoms with Gasteiger partial charge in [0.1, 0.15) is 5.78 Å². The van der Waals surface area contributed by atoms with Gasteiger partial charge in [0.25, 0.3) is 5.22 Å². The van der Waals surface area contributed by atoms with E-state index in [-0.39, 0.29) is 5.41 Å². The van der Waals surface area contributed by atoms with Crippen LogP contribution in [-0.2, 0) is 4.79 Å². The van der Waals surface area contributed by atoms with Gasteiger partial charge < -0.3 is 4.42 Å². The number of thioether (sulfide) groups is 1. The Morgan fingerprint density at radius 2 is 1.68 bits per heavy atom. The minimum absolute atomic E-state index is 0.0377. The Kier molecular flexibility index (Phi) is 3.73. The van der Waals surface area contributed by atoms with Gasteiger partial charge in [0.15, 0.2) is 0 Å². The molecule has 0 spiro atoms. The number of hydrogen-bond acceptors (Lipinski definition) is 5. The van der Waals surface area contributed by atoms with Crippen LogP contribution in [0.5, 0.6) is 0 Å². The highest BCUT2D eigenvalue weighted by atomic mass is 32.2. The normalized spacial score (nSPS) is 32.9. The second-order valence-electron chi connectivity index (χ2n) is 8.15. The molecule has 6 rings (SSSR count). The highest BCUT2D eigenvalue weighted by molar-refractivity contribution is 7.99. The monoisotopic (exact) mass is 354 g/mol. The Labute approximate surface area is 151 Å². The van der Waals surface area contributed by atoms with Crippen LogP contribution in [0.4, 0.5) is 0 Å². The molecule has 4 aliphatic rings. The summed E-state index contributed by atoms with van der Waals surface area (Å²) in [4.78, 5) is 13.0. The van der Waals surface area contributed by atoms with Crippen molar-refractivity contribution in [3.8, 4) is 11.5 Å². The van der Waals surface area contributed by atoms with E-state index in [1.54, 1.807) is 0 Å². The number of Topliss-reactive ketones (excluding diaryl/α,β-unsaturated/α-hetero) is 1. The maximum atomic E-state index is 13.0. The lowest BCUT2D eigenvalue weighted by Crippen LogP contribution is -2.50. The number of rotatable bonds is 5. The van der Waals surface area contributed by atoms with E-state index < -0.39 is 0 Å². The first-order chi connectivity index (χ1) is 12.2. The fourth-order valence-electron chi connectivity index (χ4n) is 5.70. The summed E-state index contributed by atoms with van der Waals surface area (Å²) in [5, 5.41) is 8.71. The molecule has 130 valence electrons. The zero-order valence-electron chi connectivity index (χ0n) is 14.2. The van der Waals surface area contributed by atoms with Crippen LogP contribution >= 0.6 is 11.8 Å². The van der Waals surface area contributed by atoms with Crippen LogP contribution in [0, 0.1) is 23.2 Å². The fraction of sp³-hybridized carbons (Fsp3) is 0.550. The van der Waals surface area contributed by atoms with E-state index >= 15 is 0 Å². The SMILES string of the molecule is O=C(CSc1nnc(-c2ccccc2)o1)C12CC3CC(CC(C3)C1)C2. The van der Waals surface area contributed by atoms with Crippen molar-refractivity contribution in [1.82, 2.24) is 10.2 Å². The number of carbonyl (C=O) groups excluding carboxylic acids is 1. The van der Waals surface area contributed by atoms with Gasteiger partial charge in [-0.3, -0.25) is 4.79 Å². The number of ketones is 1. The van der Waals surface area contributed by atoms with Crippen molar-refractivity contribution < 1.29 is 9.21 Å². The summed E-state index contributed by atoms with van der Waals surface area (Å²) < 4.78 is 5.73. The smallest absolute Gasteiger partial charge is 0.277 e. The summed E-state index contributed by atoms with van der Waals surface area (Å²) in [5.74, 6) is 3.79. The van der Waals surface area contributed by atoms with Gasteiger partial charge in [-0.2, -0.15) is 0 Å². The third kappa shape index (κ3) is 2.82. The molecule has 4 saturated carbocycles. The Morgan fingerprint density at radius 1 is 1.04 bits per heavy atom. The summed E-state index contributed by atoms with van der Waals surface area (Å²) in [6, 6.07) is 9.75. The van der Waals surface area contributed by atoms with Crippen molar-refractivity contribution >= 4 is 17.5 Å². The molecule has 0 N–H and O–H groups in total. The van der Waals surface area contributed by atoms with Crippen molar-refractivity contribution in [2.45, 2.75) is 43.7 Å². The molecule has 1 aromatic carbocycles. The third-order valence-corrected chi connectivity index (χ3v) is 7.20. The molecule has 4 nitrogen and oxygen atoms in total. The van der Waals surface area contributed by atoms with Crippen LogP contribution in [0.2, 0.25) is 0 Å². The number of nitrogens with zero attached hydrogens (tertiary/aromatic N) is 2. The van der Waals surface area contributed by atoms with Crippen molar-refractivity contribution in [2.24, 2.45) is 23.2 Å². The number of hydrogen-bond donors (Lipinski definition) is 0. The first-order valence-corrected chi connectivity index (χ1v) is 10.2. The lowest BCUT2D eigenvalue weighted by Gasteiger charge is -2.55. The first-order valence-electron chi connectivity index (χ1n) is 9.25. The maximum absolute atomic E-state index is 13.0. The van der Waals surface area contributed by atoms with Gasteiger partial charge in [0, 0.05) is 11.0 Å². The molecule has 0 aliphatic heterocycles. The second kappa shape index (κ2) is 5.97. The van der Waals surface area contributed by atoms with Crippen molar-refractivity contribution in [2.75, 3.05) is 5.75 Å². The molecule has 1 heterocycles. The molecule has 25 heavy (non-hydrogen) atoms.